The van der Waals surface area contributed by atoms with Crippen LogP contribution in [0, 0.1) is 6.92 Å². The smallest absolute Gasteiger partial charge is 0.267 e. The van der Waals surface area contributed by atoms with Crippen LogP contribution in [-0.2, 0) is 4.79 Å². The molecule has 3 heterocycles. The predicted molar refractivity (Wildman–Crippen MR) is 123 cm³/mol. The summed E-state index contributed by atoms with van der Waals surface area (Å²) in [6.07, 6.45) is 3.32. The van der Waals surface area contributed by atoms with Crippen LogP contribution in [0.2, 0.25) is 10.0 Å². The summed E-state index contributed by atoms with van der Waals surface area (Å²) in [6, 6.07) is 8.78. The molecule has 1 amide bonds. The Morgan fingerprint density at radius 1 is 1.23 bits per heavy atom. The molecule has 152 valence electrons. The van der Waals surface area contributed by atoms with E-state index in [-0.39, 0.29) is 5.91 Å². The number of aliphatic imine (C=N–C) groups is 1. The SMILES string of the molecule is C=CCN1C(=O)/C(=C\c2ccc(-c3c(Cl)cccc3Cl)o2)S/C1=N/c1nnc(C)s1. The molecule has 1 aliphatic rings. The Kier molecular flexibility index (Phi) is 6.10. The molecule has 0 N–H and O–H groups in total. The van der Waals surface area contributed by atoms with Gasteiger partial charge in [0.1, 0.15) is 16.5 Å². The zero-order valence-electron chi connectivity index (χ0n) is 15.6. The number of nitrogens with zero attached hydrogens (tertiary/aromatic N) is 4. The van der Waals surface area contributed by atoms with Crippen LogP contribution in [0.15, 0.2) is 57.3 Å². The van der Waals surface area contributed by atoms with Gasteiger partial charge in [-0.1, -0.05) is 46.7 Å². The Labute approximate surface area is 190 Å². The maximum atomic E-state index is 12.9. The fourth-order valence-corrected chi connectivity index (χ4v) is 4.89. The van der Waals surface area contributed by atoms with Gasteiger partial charge in [0.15, 0.2) is 5.17 Å². The lowest BCUT2D eigenvalue weighted by atomic mass is 10.2. The highest BCUT2D eigenvalue weighted by Gasteiger charge is 2.33. The fourth-order valence-electron chi connectivity index (χ4n) is 2.72. The summed E-state index contributed by atoms with van der Waals surface area (Å²) in [5.41, 5.74) is 0.609. The number of hydrogen-bond donors (Lipinski definition) is 0. The second-order valence-electron chi connectivity index (χ2n) is 6.11. The summed E-state index contributed by atoms with van der Waals surface area (Å²) >= 11 is 15.1. The van der Waals surface area contributed by atoms with Crippen molar-refractivity contribution < 1.29 is 9.21 Å². The van der Waals surface area contributed by atoms with E-state index in [1.54, 1.807) is 42.5 Å². The van der Waals surface area contributed by atoms with Crippen LogP contribution >= 0.6 is 46.3 Å². The molecule has 1 saturated heterocycles. The molecule has 0 spiro atoms. The van der Waals surface area contributed by atoms with Gasteiger partial charge < -0.3 is 4.42 Å². The highest BCUT2D eigenvalue weighted by Crippen LogP contribution is 2.38. The maximum absolute atomic E-state index is 12.9. The Bertz CT molecular complexity index is 1180. The van der Waals surface area contributed by atoms with Gasteiger partial charge in [0.25, 0.3) is 5.91 Å². The number of aryl methyl sites for hydroxylation is 1. The Hall–Kier alpha value is -2.39. The highest BCUT2D eigenvalue weighted by atomic mass is 35.5. The Balaban J connectivity index is 1.65. The number of rotatable bonds is 5. The zero-order valence-corrected chi connectivity index (χ0v) is 18.8. The van der Waals surface area contributed by atoms with E-state index in [1.807, 2.05) is 6.92 Å². The summed E-state index contributed by atoms with van der Waals surface area (Å²) in [5.74, 6) is 0.839. The van der Waals surface area contributed by atoms with Gasteiger partial charge in [-0.2, -0.15) is 4.99 Å². The number of benzene rings is 1. The van der Waals surface area contributed by atoms with Crippen molar-refractivity contribution in [3.63, 3.8) is 0 Å². The number of furan rings is 1. The van der Waals surface area contributed by atoms with Crippen molar-refractivity contribution in [3.05, 3.63) is 68.7 Å². The van der Waals surface area contributed by atoms with Crippen molar-refractivity contribution in [1.82, 2.24) is 15.1 Å². The van der Waals surface area contributed by atoms with Crippen LogP contribution in [0.3, 0.4) is 0 Å². The molecule has 0 saturated carbocycles. The molecule has 0 unspecified atom stereocenters. The van der Waals surface area contributed by atoms with Crippen LogP contribution < -0.4 is 0 Å². The molecule has 0 bridgehead atoms. The Morgan fingerprint density at radius 2 is 2.00 bits per heavy atom. The van der Waals surface area contributed by atoms with Gasteiger partial charge in [0.2, 0.25) is 5.13 Å². The highest BCUT2D eigenvalue weighted by molar-refractivity contribution is 8.18. The largest absolute Gasteiger partial charge is 0.457 e. The Morgan fingerprint density at radius 3 is 2.67 bits per heavy atom. The van der Waals surface area contributed by atoms with Crippen molar-refractivity contribution >= 4 is 68.6 Å². The second-order valence-corrected chi connectivity index (χ2v) is 9.10. The summed E-state index contributed by atoms with van der Waals surface area (Å²) in [7, 11) is 0. The van der Waals surface area contributed by atoms with Crippen LogP contribution in [0.5, 0.6) is 0 Å². The average Bonchev–Trinajstić information content (AvgIpc) is 3.39. The number of carbonyl (C=O) groups is 1. The van der Waals surface area contributed by atoms with Crippen molar-refractivity contribution in [3.8, 4) is 11.3 Å². The molecule has 1 aromatic carbocycles. The first-order chi connectivity index (χ1) is 14.5. The van der Waals surface area contributed by atoms with Gasteiger partial charge in [-0.15, -0.1) is 16.8 Å². The van der Waals surface area contributed by atoms with Gasteiger partial charge >= 0.3 is 0 Å². The van der Waals surface area contributed by atoms with E-state index in [1.165, 1.54) is 28.0 Å². The fraction of sp³-hybridized carbons (Fsp3) is 0.100. The summed E-state index contributed by atoms with van der Waals surface area (Å²) < 4.78 is 5.88. The third-order valence-electron chi connectivity index (χ3n) is 4.02. The van der Waals surface area contributed by atoms with Gasteiger partial charge in [0, 0.05) is 12.6 Å². The molecule has 1 fully saturated rings. The molecule has 0 radical (unpaired) electrons. The van der Waals surface area contributed by atoms with Crippen LogP contribution in [0.4, 0.5) is 5.13 Å². The van der Waals surface area contributed by atoms with Gasteiger partial charge in [0.05, 0.1) is 20.5 Å². The molecule has 0 atom stereocenters. The van der Waals surface area contributed by atoms with E-state index < -0.39 is 0 Å². The number of hydrogen-bond acceptors (Lipinski definition) is 7. The molecule has 4 rings (SSSR count). The quantitative estimate of drug-likeness (QED) is 0.323. The predicted octanol–water partition coefficient (Wildman–Crippen LogP) is 6.20. The van der Waals surface area contributed by atoms with Crippen LogP contribution in [0.25, 0.3) is 17.4 Å². The topological polar surface area (TPSA) is 71.6 Å². The summed E-state index contributed by atoms with van der Waals surface area (Å²) in [6.45, 7) is 5.90. The van der Waals surface area contributed by atoms with Crippen molar-refractivity contribution in [1.29, 1.82) is 0 Å². The van der Waals surface area contributed by atoms with E-state index in [0.29, 0.717) is 48.9 Å². The number of amides is 1. The number of halogens is 2. The molecule has 2 aromatic heterocycles. The molecular weight excluding hydrogens is 463 g/mol. The number of aromatic nitrogens is 2. The van der Waals surface area contributed by atoms with E-state index in [9.17, 15) is 4.79 Å². The lowest BCUT2D eigenvalue weighted by molar-refractivity contribution is -0.121. The molecular formula is C20H14Cl2N4O2S2. The van der Waals surface area contributed by atoms with Crippen LogP contribution in [0.1, 0.15) is 10.8 Å². The minimum Gasteiger partial charge on any atom is -0.457 e. The normalized spacial score (nSPS) is 16.8. The van der Waals surface area contributed by atoms with E-state index in [0.717, 1.165) is 5.01 Å². The first kappa shape index (κ1) is 20.9. The minimum atomic E-state index is -0.186. The van der Waals surface area contributed by atoms with Crippen molar-refractivity contribution in [2.75, 3.05) is 6.54 Å². The molecule has 3 aromatic rings. The first-order valence-electron chi connectivity index (χ1n) is 8.71. The number of thioether (sulfide) groups is 1. The van der Waals surface area contributed by atoms with Gasteiger partial charge in [-0.25, -0.2) is 0 Å². The summed E-state index contributed by atoms with van der Waals surface area (Å²) in [4.78, 5) is 19.4. The number of amidine groups is 1. The third-order valence-corrected chi connectivity index (χ3v) is 6.38. The monoisotopic (exact) mass is 476 g/mol. The van der Waals surface area contributed by atoms with Crippen molar-refractivity contribution in [2.24, 2.45) is 4.99 Å². The molecule has 30 heavy (non-hydrogen) atoms. The molecule has 0 aliphatic carbocycles. The molecule has 6 nitrogen and oxygen atoms in total. The summed E-state index contributed by atoms with van der Waals surface area (Å²) in [5, 5.41) is 10.7. The lowest BCUT2D eigenvalue weighted by Crippen LogP contribution is -2.29. The molecule has 1 aliphatic heterocycles. The van der Waals surface area contributed by atoms with E-state index in [2.05, 4.69) is 21.8 Å². The first-order valence-corrected chi connectivity index (χ1v) is 11.1. The van der Waals surface area contributed by atoms with Gasteiger partial charge in [-0.05, 0) is 43.0 Å². The zero-order chi connectivity index (χ0) is 21.3. The third kappa shape index (κ3) is 4.22. The molecule has 10 heteroatoms. The van der Waals surface area contributed by atoms with Crippen molar-refractivity contribution in [2.45, 2.75) is 6.92 Å². The van der Waals surface area contributed by atoms with E-state index in [4.69, 9.17) is 27.6 Å². The lowest BCUT2D eigenvalue weighted by Gasteiger charge is -2.11. The average molecular weight is 477 g/mol. The minimum absolute atomic E-state index is 0.186. The van der Waals surface area contributed by atoms with Crippen LogP contribution in [-0.4, -0.2) is 32.7 Å². The maximum Gasteiger partial charge on any atom is 0.267 e. The standard InChI is InChI=1S/C20H14Cl2N4O2S2/c1-3-9-26-18(27)16(30-20(26)23-19-25-24-11(2)29-19)10-12-7-8-15(28-12)17-13(21)5-4-6-14(17)22/h3-8,10H,1,9H2,2H3/b16-10+,23-20+. The number of carbonyl (C=O) groups excluding carboxylic acids is 1. The van der Waals surface area contributed by atoms with E-state index >= 15 is 0 Å². The van der Waals surface area contributed by atoms with Gasteiger partial charge in [-0.3, -0.25) is 9.69 Å². The second kappa shape index (κ2) is 8.77.